The maximum Gasteiger partial charge on any atom is 0.283 e. The van der Waals surface area contributed by atoms with Gasteiger partial charge in [-0.1, -0.05) is 18.2 Å². The van der Waals surface area contributed by atoms with E-state index in [2.05, 4.69) is 10.1 Å². The molecule has 0 spiro atoms. The number of para-hydroxylation sites is 1. The average molecular weight is 467 g/mol. The second kappa shape index (κ2) is 9.37. The predicted octanol–water partition coefficient (Wildman–Crippen LogP) is 3.72. The van der Waals surface area contributed by atoms with E-state index in [1.807, 2.05) is 31.2 Å². The molecule has 0 aromatic heterocycles. The molecule has 0 saturated heterocycles. The molecule has 1 N–H and O–H groups in total. The molecule has 0 atom stereocenters. The predicted molar refractivity (Wildman–Crippen MR) is 128 cm³/mol. The molecule has 0 aliphatic carbocycles. The van der Waals surface area contributed by atoms with Crippen molar-refractivity contribution in [2.75, 3.05) is 27.9 Å². The Morgan fingerprint density at radius 3 is 2.39 bits per heavy atom. The summed E-state index contributed by atoms with van der Waals surface area (Å²) in [5.41, 5.74) is 1.70. The van der Waals surface area contributed by atoms with Crippen LogP contribution >= 0.6 is 11.8 Å². The smallest absolute Gasteiger partial charge is 0.283 e. The van der Waals surface area contributed by atoms with E-state index < -0.39 is 5.91 Å². The second-order valence-corrected chi connectivity index (χ2v) is 8.07. The van der Waals surface area contributed by atoms with E-state index in [9.17, 15) is 4.79 Å². The number of nitrogens with zero attached hydrogens (tertiary/aromatic N) is 3. The molecular formula is C23H22N4O5S. The molecule has 10 heteroatoms. The number of ether oxygens (including phenoxy) is 4. The normalized spacial score (nSPS) is 16.4. The molecule has 2 aliphatic rings. The Morgan fingerprint density at radius 2 is 1.76 bits per heavy atom. The number of methoxy groups -OCH3 is 3. The summed E-state index contributed by atoms with van der Waals surface area (Å²) in [4.78, 5) is 16.8. The third-order valence-corrected chi connectivity index (χ3v) is 5.82. The molecule has 33 heavy (non-hydrogen) atoms. The van der Waals surface area contributed by atoms with Crippen LogP contribution in [0.1, 0.15) is 11.1 Å². The minimum atomic E-state index is -0.524. The minimum Gasteiger partial charge on any atom is -0.493 e. The highest BCUT2D eigenvalue weighted by molar-refractivity contribution is 8.27. The van der Waals surface area contributed by atoms with Gasteiger partial charge in [-0.05, 0) is 54.1 Å². The lowest BCUT2D eigenvalue weighted by Crippen LogP contribution is -2.35. The van der Waals surface area contributed by atoms with Crippen LogP contribution in [-0.4, -0.2) is 54.9 Å². The van der Waals surface area contributed by atoms with Crippen LogP contribution in [0.4, 0.5) is 0 Å². The fraction of sp³-hybridized carbons (Fsp3) is 0.217. The van der Waals surface area contributed by atoms with Gasteiger partial charge in [0.2, 0.25) is 10.9 Å². The molecule has 170 valence electrons. The topological polar surface area (TPSA) is 106 Å². The summed E-state index contributed by atoms with van der Waals surface area (Å²) < 4.78 is 21.9. The number of amidine groups is 2. The summed E-state index contributed by atoms with van der Waals surface area (Å²) in [5, 5.41) is 15.3. The van der Waals surface area contributed by atoms with Crippen LogP contribution in [0.2, 0.25) is 0 Å². The molecule has 2 aliphatic heterocycles. The van der Waals surface area contributed by atoms with Crippen LogP contribution in [0.3, 0.4) is 0 Å². The van der Waals surface area contributed by atoms with E-state index in [4.69, 9.17) is 24.4 Å². The lowest BCUT2D eigenvalue weighted by Gasteiger charge is -2.20. The van der Waals surface area contributed by atoms with Crippen molar-refractivity contribution >= 4 is 39.8 Å². The zero-order chi connectivity index (χ0) is 23.5. The van der Waals surface area contributed by atoms with Gasteiger partial charge in [-0.2, -0.15) is 15.1 Å². The van der Waals surface area contributed by atoms with Crippen molar-refractivity contribution in [3.05, 3.63) is 53.1 Å². The fourth-order valence-corrected chi connectivity index (χ4v) is 4.10. The molecule has 2 heterocycles. The first-order valence-corrected chi connectivity index (χ1v) is 10.7. The molecule has 0 fully saturated rings. The number of carbonyl (C=O) groups is 1. The number of hydrogen-bond acceptors (Lipinski definition) is 8. The Kier molecular flexibility index (Phi) is 6.36. The number of hydrazone groups is 1. The molecule has 0 saturated carbocycles. The number of aliphatic imine (C=N–C) groups is 1. The number of thioether (sulfide) groups is 1. The van der Waals surface area contributed by atoms with E-state index in [0.717, 1.165) is 11.3 Å². The molecule has 2 aromatic carbocycles. The van der Waals surface area contributed by atoms with Crippen molar-refractivity contribution in [3.63, 3.8) is 0 Å². The summed E-state index contributed by atoms with van der Waals surface area (Å²) >= 11 is 1.21. The van der Waals surface area contributed by atoms with Gasteiger partial charge in [-0.15, -0.1) is 0 Å². The van der Waals surface area contributed by atoms with Crippen molar-refractivity contribution in [1.29, 1.82) is 5.41 Å². The lowest BCUT2D eigenvalue weighted by atomic mass is 10.1. The van der Waals surface area contributed by atoms with E-state index >= 15 is 0 Å². The Labute approximate surface area is 195 Å². The van der Waals surface area contributed by atoms with Gasteiger partial charge >= 0.3 is 0 Å². The first-order chi connectivity index (χ1) is 15.9. The highest BCUT2D eigenvalue weighted by Crippen LogP contribution is 2.39. The molecule has 0 bridgehead atoms. The van der Waals surface area contributed by atoms with Gasteiger partial charge in [0.25, 0.3) is 5.91 Å². The zero-order valence-corrected chi connectivity index (χ0v) is 19.4. The Hall–Kier alpha value is -3.79. The molecule has 1 amide bonds. The largest absolute Gasteiger partial charge is 0.493 e. The third kappa shape index (κ3) is 4.42. The van der Waals surface area contributed by atoms with Crippen molar-refractivity contribution < 1.29 is 23.7 Å². The van der Waals surface area contributed by atoms with Crippen LogP contribution in [0.5, 0.6) is 23.0 Å². The van der Waals surface area contributed by atoms with E-state index in [-0.39, 0.29) is 18.0 Å². The number of fused-ring (bicyclic) bond motifs is 1. The molecule has 9 nitrogen and oxygen atoms in total. The van der Waals surface area contributed by atoms with Gasteiger partial charge in [-0.25, -0.2) is 0 Å². The Bertz CT molecular complexity index is 1200. The Balaban J connectivity index is 1.59. The van der Waals surface area contributed by atoms with Gasteiger partial charge in [0.15, 0.2) is 17.3 Å². The lowest BCUT2D eigenvalue weighted by molar-refractivity contribution is -0.114. The van der Waals surface area contributed by atoms with E-state index in [1.165, 1.54) is 38.1 Å². The molecule has 4 rings (SSSR count). The monoisotopic (exact) mass is 466 g/mol. The number of benzene rings is 2. The van der Waals surface area contributed by atoms with Gasteiger partial charge in [0.05, 0.1) is 26.9 Å². The standard InChI is InChI=1S/C23H22N4O5S/c1-13-7-5-6-8-16(13)32-12-19-26-27-21(24)15(22(28)25-23(27)33-19)9-14-10-17(29-2)20(31-4)18(11-14)30-3/h5-11,24H,12H2,1-4H3/b15-9-,24-21?. The highest BCUT2D eigenvalue weighted by atomic mass is 32.2. The average Bonchev–Trinajstić information content (AvgIpc) is 3.23. The van der Waals surface area contributed by atoms with Crippen LogP contribution in [0.25, 0.3) is 6.08 Å². The maximum absolute atomic E-state index is 12.7. The number of carbonyl (C=O) groups excluding carboxylic acids is 1. The summed E-state index contributed by atoms with van der Waals surface area (Å²) in [5.74, 6) is 1.47. The summed E-state index contributed by atoms with van der Waals surface area (Å²) in [6.07, 6.45) is 1.55. The fourth-order valence-electron chi connectivity index (χ4n) is 3.30. The molecular weight excluding hydrogens is 444 g/mol. The van der Waals surface area contributed by atoms with E-state index in [1.54, 1.807) is 18.2 Å². The van der Waals surface area contributed by atoms with Crippen LogP contribution in [0, 0.1) is 12.3 Å². The quantitative estimate of drug-likeness (QED) is 0.620. The van der Waals surface area contributed by atoms with Crippen molar-refractivity contribution in [3.8, 4) is 23.0 Å². The highest BCUT2D eigenvalue weighted by Gasteiger charge is 2.36. The van der Waals surface area contributed by atoms with Crippen LogP contribution in [-0.2, 0) is 4.79 Å². The third-order valence-electron chi connectivity index (χ3n) is 4.94. The summed E-state index contributed by atoms with van der Waals surface area (Å²) in [6.45, 7) is 2.17. The number of nitrogens with one attached hydrogen (secondary N) is 1. The number of aryl methyl sites for hydroxylation is 1. The number of rotatable bonds is 7. The molecule has 0 radical (unpaired) electrons. The number of hydrogen-bond donors (Lipinski definition) is 1. The van der Waals surface area contributed by atoms with Crippen LogP contribution in [0.15, 0.2) is 52.1 Å². The first kappa shape index (κ1) is 22.4. The number of amides is 1. The van der Waals surface area contributed by atoms with Gasteiger partial charge < -0.3 is 18.9 Å². The van der Waals surface area contributed by atoms with Crippen LogP contribution < -0.4 is 18.9 Å². The second-order valence-electron chi connectivity index (χ2n) is 7.03. The molecule has 2 aromatic rings. The van der Waals surface area contributed by atoms with Gasteiger partial charge in [0.1, 0.15) is 17.4 Å². The van der Waals surface area contributed by atoms with Gasteiger partial charge in [-0.3, -0.25) is 10.2 Å². The van der Waals surface area contributed by atoms with Crippen molar-refractivity contribution in [1.82, 2.24) is 5.01 Å². The molecule has 0 unspecified atom stereocenters. The SMILES string of the molecule is COc1cc(/C=C2/C(=N)N3N=C(COc4ccccc4C)SC3=NC2=O)cc(OC)c1OC. The maximum atomic E-state index is 12.7. The summed E-state index contributed by atoms with van der Waals surface area (Å²) in [7, 11) is 4.53. The van der Waals surface area contributed by atoms with Gasteiger partial charge in [0, 0.05) is 0 Å². The summed E-state index contributed by atoms with van der Waals surface area (Å²) in [6, 6.07) is 11.1. The minimum absolute atomic E-state index is 0.0721. The van der Waals surface area contributed by atoms with Crippen molar-refractivity contribution in [2.45, 2.75) is 6.92 Å². The zero-order valence-electron chi connectivity index (χ0n) is 18.5. The van der Waals surface area contributed by atoms with E-state index in [0.29, 0.717) is 33.0 Å². The van der Waals surface area contributed by atoms with Crippen molar-refractivity contribution in [2.24, 2.45) is 10.1 Å². The first-order valence-electron chi connectivity index (χ1n) is 9.92. The Morgan fingerprint density at radius 1 is 1.06 bits per heavy atom.